The Balaban J connectivity index is 1.98. The number of hydrogen-bond acceptors (Lipinski definition) is 2. The van der Waals surface area contributed by atoms with Crippen LogP contribution in [0.1, 0.15) is 65.7 Å². The second kappa shape index (κ2) is 9.80. The van der Waals surface area contributed by atoms with Crippen molar-refractivity contribution in [3.63, 3.8) is 0 Å². The number of hydrogen-bond donors (Lipinski definition) is 0. The van der Waals surface area contributed by atoms with Crippen LogP contribution in [0.15, 0.2) is 0 Å². The number of rotatable bonds is 9. The molecule has 1 aliphatic rings. The van der Waals surface area contributed by atoms with Gasteiger partial charge in [-0.25, -0.2) is 0 Å². The molecule has 108 valence electrons. The molecule has 1 rings (SSSR count). The van der Waals surface area contributed by atoms with Crippen molar-refractivity contribution in [2.45, 2.75) is 71.8 Å². The van der Waals surface area contributed by atoms with Gasteiger partial charge in [0.05, 0.1) is 6.10 Å². The average Bonchev–Trinajstić information content (AvgIpc) is 2.36. The molecule has 1 fully saturated rings. The third-order valence-corrected chi connectivity index (χ3v) is 3.89. The number of ether oxygens (including phenoxy) is 1. The van der Waals surface area contributed by atoms with E-state index < -0.39 is 0 Å². The molecular weight excluding hydrogens is 222 g/mol. The van der Waals surface area contributed by atoms with Gasteiger partial charge in [0.25, 0.3) is 0 Å². The Morgan fingerprint density at radius 1 is 1.11 bits per heavy atom. The van der Waals surface area contributed by atoms with E-state index in [0.717, 1.165) is 12.5 Å². The van der Waals surface area contributed by atoms with Crippen LogP contribution in [-0.4, -0.2) is 37.2 Å². The number of piperidine rings is 1. The zero-order valence-electron chi connectivity index (χ0n) is 12.8. The molecule has 0 spiro atoms. The normalized spacial score (nSPS) is 18.7. The van der Waals surface area contributed by atoms with Gasteiger partial charge < -0.3 is 9.64 Å². The zero-order chi connectivity index (χ0) is 13.2. The lowest BCUT2D eigenvalue weighted by Crippen LogP contribution is -2.37. The van der Waals surface area contributed by atoms with E-state index in [1.165, 1.54) is 64.6 Å². The van der Waals surface area contributed by atoms with Gasteiger partial charge in [0.15, 0.2) is 0 Å². The van der Waals surface area contributed by atoms with Crippen LogP contribution in [0.3, 0.4) is 0 Å². The highest BCUT2D eigenvalue weighted by atomic mass is 16.5. The maximum absolute atomic E-state index is 5.98. The Morgan fingerprint density at radius 2 is 1.83 bits per heavy atom. The van der Waals surface area contributed by atoms with Gasteiger partial charge in [-0.05, 0) is 44.6 Å². The molecule has 0 N–H and O–H groups in total. The zero-order valence-corrected chi connectivity index (χ0v) is 12.8. The lowest BCUT2D eigenvalue weighted by Gasteiger charge is -2.31. The maximum atomic E-state index is 5.98. The molecule has 0 atom stereocenters. The fourth-order valence-electron chi connectivity index (χ4n) is 2.63. The second-order valence-corrected chi connectivity index (χ2v) is 6.15. The molecular formula is C16H33NO. The van der Waals surface area contributed by atoms with Crippen LogP contribution in [0.5, 0.6) is 0 Å². The monoisotopic (exact) mass is 255 g/mol. The second-order valence-electron chi connectivity index (χ2n) is 6.15. The van der Waals surface area contributed by atoms with Gasteiger partial charge in [-0.1, -0.05) is 33.6 Å². The first-order valence-corrected chi connectivity index (χ1v) is 8.06. The van der Waals surface area contributed by atoms with E-state index >= 15 is 0 Å². The summed E-state index contributed by atoms with van der Waals surface area (Å²) in [5.74, 6) is 0.814. The lowest BCUT2D eigenvalue weighted by atomic mass is 10.1. The minimum Gasteiger partial charge on any atom is -0.378 e. The summed E-state index contributed by atoms with van der Waals surface area (Å²) in [6.07, 6.45) is 9.64. The van der Waals surface area contributed by atoms with Crippen LogP contribution in [0, 0.1) is 5.92 Å². The quantitative estimate of drug-likeness (QED) is 0.575. The minimum atomic E-state index is 0.541. The summed E-state index contributed by atoms with van der Waals surface area (Å²) < 4.78 is 5.98. The Morgan fingerprint density at radius 3 is 2.44 bits per heavy atom. The van der Waals surface area contributed by atoms with E-state index in [2.05, 4.69) is 25.7 Å². The molecule has 0 aromatic heterocycles. The van der Waals surface area contributed by atoms with Gasteiger partial charge in [0, 0.05) is 19.7 Å². The first-order chi connectivity index (χ1) is 8.72. The van der Waals surface area contributed by atoms with Gasteiger partial charge in [-0.2, -0.15) is 0 Å². The molecule has 1 saturated heterocycles. The fourth-order valence-corrected chi connectivity index (χ4v) is 2.63. The van der Waals surface area contributed by atoms with Gasteiger partial charge in [-0.3, -0.25) is 0 Å². The van der Waals surface area contributed by atoms with Crippen LogP contribution in [0.25, 0.3) is 0 Å². The van der Waals surface area contributed by atoms with Crippen LogP contribution in [0.2, 0.25) is 0 Å². The summed E-state index contributed by atoms with van der Waals surface area (Å²) in [5.41, 5.74) is 0. The predicted octanol–water partition coefficient (Wildman–Crippen LogP) is 4.09. The van der Waals surface area contributed by atoms with Crippen molar-refractivity contribution in [3.8, 4) is 0 Å². The van der Waals surface area contributed by atoms with Gasteiger partial charge in [-0.15, -0.1) is 0 Å². The van der Waals surface area contributed by atoms with Crippen LogP contribution in [0.4, 0.5) is 0 Å². The van der Waals surface area contributed by atoms with Gasteiger partial charge in [0.2, 0.25) is 0 Å². The van der Waals surface area contributed by atoms with Crippen molar-refractivity contribution in [1.82, 2.24) is 4.90 Å². The van der Waals surface area contributed by atoms with Crippen molar-refractivity contribution in [1.29, 1.82) is 0 Å². The van der Waals surface area contributed by atoms with Crippen molar-refractivity contribution in [2.75, 3.05) is 26.2 Å². The van der Waals surface area contributed by atoms with E-state index in [1.54, 1.807) is 0 Å². The smallest absolute Gasteiger partial charge is 0.0599 e. The number of likely N-dealkylation sites (tertiary alicyclic amines) is 1. The molecule has 0 aromatic carbocycles. The highest BCUT2D eigenvalue weighted by molar-refractivity contribution is 4.72. The lowest BCUT2D eigenvalue weighted by molar-refractivity contribution is 0.00495. The molecule has 0 radical (unpaired) electrons. The minimum absolute atomic E-state index is 0.541. The summed E-state index contributed by atoms with van der Waals surface area (Å²) in [6.45, 7) is 11.6. The largest absolute Gasteiger partial charge is 0.378 e. The molecule has 0 amide bonds. The predicted molar refractivity (Wildman–Crippen MR) is 79.0 cm³/mol. The summed E-state index contributed by atoms with van der Waals surface area (Å²) >= 11 is 0. The average molecular weight is 255 g/mol. The standard InChI is InChI=1S/C16H33NO/c1-4-5-6-11-17-12-9-16(10-13-17)18-14-7-8-15(2)3/h15-16H,4-14H2,1-3H3. The van der Waals surface area contributed by atoms with E-state index in [9.17, 15) is 0 Å². The van der Waals surface area contributed by atoms with E-state index in [4.69, 9.17) is 4.74 Å². The van der Waals surface area contributed by atoms with E-state index in [1.807, 2.05) is 0 Å². The number of unbranched alkanes of at least 4 members (excludes halogenated alkanes) is 2. The van der Waals surface area contributed by atoms with Crippen molar-refractivity contribution in [3.05, 3.63) is 0 Å². The molecule has 18 heavy (non-hydrogen) atoms. The molecule has 0 aliphatic carbocycles. The Bertz CT molecular complexity index is 186. The SMILES string of the molecule is CCCCCN1CCC(OCCCC(C)C)CC1. The molecule has 0 aromatic rings. The van der Waals surface area contributed by atoms with Gasteiger partial charge >= 0.3 is 0 Å². The summed E-state index contributed by atoms with van der Waals surface area (Å²) in [5, 5.41) is 0. The van der Waals surface area contributed by atoms with E-state index in [-0.39, 0.29) is 0 Å². The van der Waals surface area contributed by atoms with Crippen molar-refractivity contribution >= 4 is 0 Å². The van der Waals surface area contributed by atoms with Gasteiger partial charge in [0.1, 0.15) is 0 Å². The molecule has 0 saturated carbocycles. The molecule has 1 aliphatic heterocycles. The summed E-state index contributed by atoms with van der Waals surface area (Å²) in [6, 6.07) is 0. The molecule has 1 heterocycles. The molecule has 0 bridgehead atoms. The van der Waals surface area contributed by atoms with E-state index in [0.29, 0.717) is 6.10 Å². The summed E-state index contributed by atoms with van der Waals surface area (Å²) in [4.78, 5) is 2.61. The topological polar surface area (TPSA) is 12.5 Å². The number of nitrogens with zero attached hydrogens (tertiary/aromatic N) is 1. The Kier molecular flexibility index (Phi) is 8.70. The molecule has 0 unspecified atom stereocenters. The fraction of sp³-hybridized carbons (Fsp3) is 1.00. The highest BCUT2D eigenvalue weighted by Crippen LogP contribution is 2.15. The van der Waals surface area contributed by atoms with Crippen LogP contribution in [-0.2, 0) is 4.74 Å². The molecule has 2 heteroatoms. The first kappa shape index (κ1) is 16.0. The van der Waals surface area contributed by atoms with Crippen molar-refractivity contribution < 1.29 is 4.74 Å². The maximum Gasteiger partial charge on any atom is 0.0599 e. The Hall–Kier alpha value is -0.0800. The Labute approximate surface area is 114 Å². The first-order valence-electron chi connectivity index (χ1n) is 8.06. The highest BCUT2D eigenvalue weighted by Gasteiger charge is 2.18. The van der Waals surface area contributed by atoms with Crippen LogP contribution < -0.4 is 0 Å². The summed E-state index contributed by atoms with van der Waals surface area (Å²) in [7, 11) is 0. The van der Waals surface area contributed by atoms with Crippen molar-refractivity contribution in [2.24, 2.45) is 5.92 Å². The molecule has 2 nitrogen and oxygen atoms in total. The van der Waals surface area contributed by atoms with Crippen LogP contribution >= 0.6 is 0 Å². The third kappa shape index (κ3) is 7.38. The third-order valence-electron chi connectivity index (χ3n) is 3.89.